The molecule has 1 aromatic carbocycles. The number of amides is 2. The lowest BCUT2D eigenvalue weighted by molar-refractivity contribution is 0.0697. The maximum Gasteiger partial charge on any atom is 0.337 e. The van der Waals surface area contributed by atoms with Crippen LogP contribution in [0.4, 0.5) is 25.0 Å². The highest BCUT2D eigenvalue weighted by atomic mass is 19.2. The summed E-state index contributed by atoms with van der Waals surface area (Å²) in [5.74, 6) is -4.08. The average Bonchev–Trinajstić information content (AvgIpc) is 2.85. The summed E-state index contributed by atoms with van der Waals surface area (Å²) in [5, 5.41) is 19.3. The fourth-order valence-electron chi connectivity index (χ4n) is 1.43. The number of aromatic amines is 1. The molecule has 0 radical (unpaired) electrons. The number of aromatic carboxylic acids is 1. The Kier molecular flexibility index (Phi) is 3.60. The quantitative estimate of drug-likeness (QED) is 0.690. The van der Waals surface area contributed by atoms with E-state index in [9.17, 15) is 18.4 Å². The third-order valence-corrected chi connectivity index (χ3v) is 2.30. The van der Waals surface area contributed by atoms with Gasteiger partial charge in [0.1, 0.15) is 0 Å². The van der Waals surface area contributed by atoms with Gasteiger partial charge in [0.25, 0.3) is 0 Å². The molecule has 0 aliphatic heterocycles. The van der Waals surface area contributed by atoms with Gasteiger partial charge in [-0.3, -0.25) is 5.10 Å². The Morgan fingerprint density at radius 2 is 1.90 bits per heavy atom. The number of benzene rings is 1. The van der Waals surface area contributed by atoms with Crippen molar-refractivity contribution in [1.82, 2.24) is 10.2 Å². The summed E-state index contributed by atoms with van der Waals surface area (Å²) >= 11 is 0. The molecular formula is C11H8F2N4O3. The third-order valence-electron chi connectivity index (χ3n) is 2.30. The smallest absolute Gasteiger partial charge is 0.337 e. The number of hydrogen-bond donors (Lipinski definition) is 4. The molecule has 0 saturated carbocycles. The van der Waals surface area contributed by atoms with E-state index in [0.29, 0.717) is 17.8 Å². The molecule has 0 bridgehead atoms. The van der Waals surface area contributed by atoms with E-state index in [4.69, 9.17) is 5.11 Å². The van der Waals surface area contributed by atoms with Crippen LogP contribution in [0.15, 0.2) is 24.5 Å². The average molecular weight is 282 g/mol. The lowest BCUT2D eigenvalue weighted by atomic mass is 10.1. The van der Waals surface area contributed by atoms with Crippen LogP contribution < -0.4 is 10.6 Å². The zero-order valence-electron chi connectivity index (χ0n) is 9.78. The number of carboxylic acid groups (broad SMARTS) is 1. The molecule has 4 N–H and O–H groups in total. The highest BCUT2D eigenvalue weighted by molar-refractivity contribution is 6.04. The van der Waals surface area contributed by atoms with Crippen LogP contribution in [0.2, 0.25) is 0 Å². The van der Waals surface area contributed by atoms with Crippen molar-refractivity contribution < 1.29 is 23.5 Å². The summed E-state index contributed by atoms with van der Waals surface area (Å²) in [6, 6.07) is 0.263. The van der Waals surface area contributed by atoms with Crippen molar-refractivity contribution in [1.29, 1.82) is 0 Å². The lowest BCUT2D eigenvalue weighted by Gasteiger charge is -2.09. The standard InChI is InChI=1S/C11H8F2N4O3/c12-7-1-6(10(18)19)9(2-8(7)13)17-11(20)16-5-3-14-15-4-5/h1-4H,(H,14,15)(H,18,19)(H2,16,17,20). The van der Waals surface area contributed by atoms with Crippen molar-refractivity contribution in [2.75, 3.05) is 10.6 Å². The van der Waals surface area contributed by atoms with Crippen molar-refractivity contribution >= 4 is 23.4 Å². The van der Waals surface area contributed by atoms with Gasteiger partial charge in [-0.1, -0.05) is 0 Å². The molecule has 20 heavy (non-hydrogen) atoms. The Bertz CT molecular complexity index is 658. The molecule has 7 nitrogen and oxygen atoms in total. The van der Waals surface area contributed by atoms with Crippen LogP contribution >= 0.6 is 0 Å². The topological polar surface area (TPSA) is 107 Å². The molecule has 9 heteroatoms. The van der Waals surface area contributed by atoms with Crippen LogP contribution in [-0.2, 0) is 0 Å². The van der Waals surface area contributed by atoms with E-state index in [0.717, 1.165) is 0 Å². The number of aromatic nitrogens is 2. The zero-order valence-corrected chi connectivity index (χ0v) is 9.78. The number of anilines is 2. The number of halogens is 2. The zero-order chi connectivity index (χ0) is 14.7. The molecule has 0 aliphatic rings. The number of rotatable bonds is 3. The first kappa shape index (κ1) is 13.5. The minimum atomic E-state index is -1.50. The van der Waals surface area contributed by atoms with E-state index in [2.05, 4.69) is 20.8 Å². The highest BCUT2D eigenvalue weighted by Gasteiger charge is 2.17. The summed E-state index contributed by atoms with van der Waals surface area (Å²) < 4.78 is 26.1. The normalized spacial score (nSPS) is 10.1. The number of carboxylic acids is 1. The van der Waals surface area contributed by atoms with Crippen LogP contribution in [0.5, 0.6) is 0 Å². The van der Waals surface area contributed by atoms with Crippen molar-refractivity contribution in [3.63, 3.8) is 0 Å². The molecule has 1 aromatic heterocycles. The Labute approximate surface area is 110 Å². The molecule has 0 spiro atoms. The number of nitrogens with one attached hydrogen (secondary N) is 3. The van der Waals surface area contributed by atoms with E-state index in [1.807, 2.05) is 0 Å². The van der Waals surface area contributed by atoms with Gasteiger partial charge in [-0.15, -0.1) is 0 Å². The van der Waals surface area contributed by atoms with Crippen molar-refractivity contribution in [2.45, 2.75) is 0 Å². The van der Waals surface area contributed by atoms with Gasteiger partial charge in [-0.05, 0) is 6.07 Å². The molecule has 0 aliphatic carbocycles. The van der Waals surface area contributed by atoms with Crippen LogP contribution in [-0.4, -0.2) is 27.3 Å². The minimum absolute atomic E-state index is 0.321. The number of carbonyl (C=O) groups is 2. The lowest BCUT2D eigenvalue weighted by Crippen LogP contribution is -2.21. The van der Waals surface area contributed by atoms with Crippen molar-refractivity contribution in [3.8, 4) is 0 Å². The van der Waals surface area contributed by atoms with Gasteiger partial charge in [0, 0.05) is 12.3 Å². The van der Waals surface area contributed by atoms with Gasteiger partial charge < -0.3 is 15.7 Å². The maximum atomic E-state index is 13.1. The Balaban J connectivity index is 2.22. The molecule has 0 saturated heterocycles. The summed E-state index contributed by atoms with van der Waals surface area (Å²) in [4.78, 5) is 22.5. The fraction of sp³-hybridized carbons (Fsp3) is 0. The predicted octanol–water partition coefficient (Wildman–Crippen LogP) is 2.03. The second-order valence-corrected chi connectivity index (χ2v) is 3.68. The number of urea groups is 1. The largest absolute Gasteiger partial charge is 0.478 e. The Morgan fingerprint density at radius 1 is 1.20 bits per heavy atom. The van der Waals surface area contributed by atoms with E-state index in [1.165, 1.54) is 12.4 Å². The SMILES string of the molecule is O=C(Nc1cn[nH]c1)Nc1cc(F)c(F)cc1C(=O)O. The second-order valence-electron chi connectivity index (χ2n) is 3.68. The van der Waals surface area contributed by atoms with Crippen LogP contribution in [0.3, 0.4) is 0 Å². The van der Waals surface area contributed by atoms with Crippen molar-refractivity contribution in [2.24, 2.45) is 0 Å². The van der Waals surface area contributed by atoms with Gasteiger partial charge in [-0.2, -0.15) is 5.10 Å². The van der Waals surface area contributed by atoms with Crippen LogP contribution in [0.25, 0.3) is 0 Å². The highest BCUT2D eigenvalue weighted by Crippen LogP contribution is 2.20. The maximum absolute atomic E-state index is 13.1. The molecule has 0 atom stereocenters. The number of nitrogens with zero attached hydrogens (tertiary/aromatic N) is 1. The van der Waals surface area contributed by atoms with E-state index < -0.39 is 29.2 Å². The van der Waals surface area contributed by atoms with Crippen LogP contribution in [0, 0.1) is 11.6 Å². The van der Waals surface area contributed by atoms with Crippen molar-refractivity contribution in [3.05, 3.63) is 41.7 Å². The predicted molar refractivity (Wildman–Crippen MR) is 64.5 cm³/mol. The number of carbonyl (C=O) groups excluding carboxylic acids is 1. The summed E-state index contributed by atoms with van der Waals surface area (Å²) in [5.41, 5.74) is -0.606. The third kappa shape index (κ3) is 2.88. The molecule has 0 fully saturated rings. The molecular weight excluding hydrogens is 274 g/mol. The van der Waals surface area contributed by atoms with Gasteiger partial charge in [0.2, 0.25) is 0 Å². The Hall–Kier alpha value is -2.97. The summed E-state index contributed by atoms with van der Waals surface area (Å²) in [6.45, 7) is 0. The molecule has 1 heterocycles. The Morgan fingerprint density at radius 3 is 2.50 bits per heavy atom. The summed E-state index contributed by atoms with van der Waals surface area (Å²) in [6.07, 6.45) is 2.69. The van der Waals surface area contributed by atoms with Gasteiger partial charge in [0.15, 0.2) is 11.6 Å². The fourth-order valence-corrected chi connectivity index (χ4v) is 1.43. The van der Waals surface area contributed by atoms with Crippen LogP contribution in [0.1, 0.15) is 10.4 Å². The van der Waals surface area contributed by atoms with E-state index in [-0.39, 0.29) is 5.69 Å². The van der Waals surface area contributed by atoms with Gasteiger partial charge in [0.05, 0.1) is 23.1 Å². The number of H-pyrrole nitrogens is 1. The molecule has 2 rings (SSSR count). The molecule has 2 amide bonds. The van der Waals surface area contributed by atoms with Gasteiger partial charge >= 0.3 is 12.0 Å². The molecule has 104 valence electrons. The first-order valence-electron chi connectivity index (χ1n) is 5.26. The summed E-state index contributed by atoms with van der Waals surface area (Å²) in [7, 11) is 0. The van der Waals surface area contributed by atoms with Gasteiger partial charge in [-0.25, -0.2) is 18.4 Å². The molecule has 0 unspecified atom stereocenters. The first-order chi connectivity index (χ1) is 9.47. The number of hydrogen-bond acceptors (Lipinski definition) is 3. The monoisotopic (exact) mass is 282 g/mol. The van der Waals surface area contributed by atoms with E-state index >= 15 is 0 Å². The van der Waals surface area contributed by atoms with E-state index in [1.54, 1.807) is 0 Å². The first-order valence-corrected chi connectivity index (χ1v) is 5.26. The minimum Gasteiger partial charge on any atom is -0.478 e. The second kappa shape index (κ2) is 5.34. The molecule has 2 aromatic rings.